The summed E-state index contributed by atoms with van der Waals surface area (Å²) in [6.45, 7) is 3.58. The van der Waals surface area contributed by atoms with E-state index in [4.69, 9.17) is 15.6 Å². The van der Waals surface area contributed by atoms with Crippen molar-refractivity contribution in [3.63, 3.8) is 0 Å². The van der Waals surface area contributed by atoms with Crippen molar-refractivity contribution < 1.29 is 14.6 Å². The highest BCUT2D eigenvalue weighted by atomic mass is 16.5. The van der Waals surface area contributed by atoms with E-state index in [2.05, 4.69) is 4.98 Å². The third-order valence-corrected chi connectivity index (χ3v) is 2.59. The van der Waals surface area contributed by atoms with Crippen molar-refractivity contribution >= 4 is 5.97 Å². The van der Waals surface area contributed by atoms with Crippen LogP contribution in [0.5, 0.6) is 0 Å². The SMILES string of the molecule is COC(=O)c1c(C)[nH]c(C)c1CC(N)CO. The summed E-state index contributed by atoms with van der Waals surface area (Å²) in [5.41, 5.74) is 8.69. The van der Waals surface area contributed by atoms with Gasteiger partial charge in [0, 0.05) is 17.4 Å². The summed E-state index contributed by atoms with van der Waals surface area (Å²) in [5, 5.41) is 8.93. The van der Waals surface area contributed by atoms with Gasteiger partial charge < -0.3 is 20.6 Å². The molecular weight excluding hydrogens is 208 g/mol. The van der Waals surface area contributed by atoms with Crippen molar-refractivity contribution in [1.82, 2.24) is 4.98 Å². The van der Waals surface area contributed by atoms with E-state index < -0.39 is 0 Å². The molecule has 16 heavy (non-hydrogen) atoms. The van der Waals surface area contributed by atoms with E-state index in [1.165, 1.54) is 7.11 Å². The van der Waals surface area contributed by atoms with Crippen LogP contribution >= 0.6 is 0 Å². The first-order valence-corrected chi connectivity index (χ1v) is 5.14. The number of nitrogens with two attached hydrogens (primary N) is 1. The number of H-pyrrole nitrogens is 1. The van der Waals surface area contributed by atoms with Crippen molar-refractivity contribution in [3.8, 4) is 0 Å². The molecule has 1 aromatic heterocycles. The average Bonchev–Trinajstić information content (AvgIpc) is 2.53. The standard InChI is InChI=1S/C11H18N2O3/c1-6-9(4-8(12)5-14)10(7(2)13-6)11(15)16-3/h8,13-14H,4-5,12H2,1-3H3. The first kappa shape index (κ1) is 12.7. The van der Waals surface area contributed by atoms with Crippen molar-refractivity contribution in [2.24, 2.45) is 5.73 Å². The minimum atomic E-state index is -0.373. The van der Waals surface area contributed by atoms with E-state index in [9.17, 15) is 4.79 Å². The van der Waals surface area contributed by atoms with Crippen LogP contribution in [-0.2, 0) is 11.2 Å². The highest BCUT2D eigenvalue weighted by molar-refractivity contribution is 5.92. The number of aliphatic hydroxyl groups is 1. The van der Waals surface area contributed by atoms with Crippen molar-refractivity contribution in [2.75, 3.05) is 13.7 Å². The van der Waals surface area contributed by atoms with Crippen LogP contribution in [0.3, 0.4) is 0 Å². The van der Waals surface area contributed by atoms with Crippen LogP contribution in [0.2, 0.25) is 0 Å². The predicted octanol–water partition coefficient (Wildman–Crippen LogP) is 0.280. The topological polar surface area (TPSA) is 88.3 Å². The molecule has 1 atom stereocenters. The summed E-state index contributed by atoms with van der Waals surface area (Å²) in [7, 11) is 1.35. The molecule has 90 valence electrons. The second-order valence-electron chi connectivity index (χ2n) is 3.87. The Balaban J connectivity index is 3.10. The zero-order valence-corrected chi connectivity index (χ0v) is 9.83. The highest BCUT2D eigenvalue weighted by Crippen LogP contribution is 2.20. The Morgan fingerprint density at radius 3 is 2.62 bits per heavy atom. The summed E-state index contributed by atoms with van der Waals surface area (Å²) in [5.74, 6) is -0.373. The van der Waals surface area contributed by atoms with Crippen LogP contribution in [0, 0.1) is 13.8 Å². The predicted molar refractivity (Wildman–Crippen MR) is 60.4 cm³/mol. The zero-order chi connectivity index (χ0) is 12.3. The van der Waals surface area contributed by atoms with Gasteiger partial charge in [-0.05, 0) is 25.8 Å². The smallest absolute Gasteiger partial charge is 0.339 e. The van der Waals surface area contributed by atoms with E-state index in [-0.39, 0.29) is 18.6 Å². The van der Waals surface area contributed by atoms with Gasteiger partial charge in [-0.1, -0.05) is 0 Å². The van der Waals surface area contributed by atoms with Gasteiger partial charge in [0.15, 0.2) is 0 Å². The molecule has 1 unspecified atom stereocenters. The number of aromatic amines is 1. The first-order valence-electron chi connectivity index (χ1n) is 5.14. The van der Waals surface area contributed by atoms with Gasteiger partial charge in [0.25, 0.3) is 0 Å². The fourth-order valence-corrected chi connectivity index (χ4v) is 1.79. The van der Waals surface area contributed by atoms with E-state index in [0.29, 0.717) is 12.0 Å². The summed E-state index contributed by atoms with van der Waals surface area (Å²) in [4.78, 5) is 14.7. The number of rotatable bonds is 4. The Morgan fingerprint density at radius 2 is 2.12 bits per heavy atom. The second kappa shape index (κ2) is 5.14. The fourth-order valence-electron chi connectivity index (χ4n) is 1.79. The lowest BCUT2D eigenvalue weighted by Gasteiger charge is -2.09. The molecule has 1 rings (SSSR count). The lowest BCUT2D eigenvalue weighted by molar-refractivity contribution is 0.0598. The zero-order valence-electron chi connectivity index (χ0n) is 9.83. The summed E-state index contributed by atoms with van der Waals surface area (Å²) in [6, 6.07) is -0.364. The molecule has 0 aliphatic carbocycles. The summed E-state index contributed by atoms with van der Waals surface area (Å²) < 4.78 is 4.72. The second-order valence-corrected chi connectivity index (χ2v) is 3.87. The normalized spacial score (nSPS) is 12.6. The Labute approximate surface area is 94.6 Å². The number of esters is 1. The number of aryl methyl sites for hydroxylation is 2. The van der Waals surface area contributed by atoms with E-state index in [0.717, 1.165) is 17.0 Å². The fraction of sp³-hybridized carbons (Fsp3) is 0.545. The van der Waals surface area contributed by atoms with Crippen molar-refractivity contribution in [1.29, 1.82) is 0 Å². The van der Waals surface area contributed by atoms with Gasteiger partial charge in [0.05, 0.1) is 19.3 Å². The molecule has 1 aromatic rings. The van der Waals surface area contributed by atoms with Gasteiger partial charge in [-0.25, -0.2) is 4.79 Å². The molecule has 0 aromatic carbocycles. The molecule has 1 heterocycles. The van der Waals surface area contributed by atoms with Crippen molar-refractivity contribution in [3.05, 3.63) is 22.5 Å². The number of nitrogens with one attached hydrogen (secondary N) is 1. The van der Waals surface area contributed by atoms with Crippen LogP contribution in [0.4, 0.5) is 0 Å². The number of aromatic nitrogens is 1. The number of ether oxygens (including phenoxy) is 1. The molecule has 0 aliphatic heterocycles. The first-order chi connectivity index (χ1) is 7.51. The molecule has 0 saturated carbocycles. The molecule has 0 amide bonds. The van der Waals surface area contributed by atoms with Crippen LogP contribution in [0.25, 0.3) is 0 Å². The monoisotopic (exact) mass is 226 g/mol. The van der Waals surface area contributed by atoms with Crippen LogP contribution in [0.1, 0.15) is 27.3 Å². The van der Waals surface area contributed by atoms with Gasteiger partial charge in [-0.2, -0.15) is 0 Å². The maximum absolute atomic E-state index is 11.6. The molecule has 0 spiro atoms. The minimum Gasteiger partial charge on any atom is -0.465 e. The van der Waals surface area contributed by atoms with Gasteiger partial charge in [-0.3, -0.25) is 0 Å². The number of methoxy groups -OCH3 is 1. The number of hydrogen-bond donors (Lipinski definition) is 3. The lowest BCUT2D eigenvalue weighted by atomic mass is 10.0. The molecule has 0 fully saturated rings. The Morgan fingerprint density at radius 1 is 1.50 bits per heavy atom. The molecule has 4 N–H and O–H groups in total. The van der Waals surface area contributed by atoms with Crippen LogP contribution in [-0.4, -0.2) is 35.8 Å². The van der Waals surface area contributed by atoms with Crippen LogP contribution in [0.15, 0.2) is 0 Å². The minimum absolute atomic E-state index is 0.107. The van der Waals surface area contributed by atoms with E-state index in [1.54, 1.807) is 0 Å². The molecule has 0 aliphatic rings. The van der Waals surface area contributed by atoms with Gasteiger partial charge in [0.1, 0.15) is 0 Å². The maximum Gasteiger partial charge on any atom is 0.339 e. The molecule has 5 heteroatoms. The van der Waals surface area contributed by atoms with E-state index in [1.807, 2.05) is 13.8 Å². The Hall–Kier alpha value is -1.33. The third kappa shape index (κ3) is 2.43. The van der Waals surface area contributed by atoms with Crippen LogP contribution < -0.4 is 5.73 Å². The highest BCUT2D eigenvalue weighted by Gasteiger charge is 2.21. The third-order valence-electron chi connectivity index (χ3n) is 2.59. The maximum atomic E-state index is 11.6. The number of carbonyl (C=O) groups is 1. The van der Waals surface area contributed by atoms with Gasteiger partial charge >= 0.3 is 5.97 Å². The molecule has 0 bridgehead atoms. The largest absolute Gasteiger partial charge is 0.465 e. The van der Waals surface area contributed by atoms with Crippen molar-refractivity contribution in [2.45, 2.75) is 26.3 Å². The number of carbonyl (C=O) groups excluding carboxylic acids is 1. The molecule has 0 radical (unpaired) electrons. The van der Waals surface area contributed by atoms with Gasteiger partial charge in [-0.15, -0.1) is 0 Å². The number of hydrogen-bond acceptors (Lipinski definition) is 4. The molecule has 5 nitrogen and oxygen atoms in total. The summed E-state index contributed by atoms with van der Waals surface area (Å²) in [6.07, 6.45) is 0.455. The quantitative estimate of drug-likeness (QED) is 0.643. The molecule has 0 saturated heterocycles. The lowest BCUT2D eigenvalue weighted by Crippen LogP contribution is -2.27. The Bertz CT molecular complexity index is 385. The van der Waals surface area contributed by atoms with Gasteiger partial charge in [0.2, 0.25) is 0 Å². The van der Waals surface area contributed by atoms with E-state index >= 15 is 0 Å². The number of aliphatic hydroxyl groups excluding tert-OH is 1. The Kier molecular flexibility index (Phi) is 4.09. The average molecular weight is 226 g/mol. The molecular formula is C11H18N2O3. The summed E-state index contributed by atoms with van der Waals surface area (Å²) >= 11 is 0.